The summed E-state index contributed by atoms with van der Waals surface area (Å²) in [5, 5.41) is 7.22. The Morgan fingerprint density at radius 2 is 1.95 bits per heavy atom. The van der Waals surface area contributed by atoms with E-state index in [1.54, 1.807) is 6.07 Å². The van der Waals surface area contributed by atoms with Crippen molar-refractivity contribution in [3.8, 4) is 0 Å². The fourth-order valence-electron chi connectivity index (χ4n) is 2.46. The molecule has 0 atom stereocenters. The van der Waals surface area contributed by atoms with Crippen molar-refractivity contribution < 1.29 is 9.59 Å². The van der Waals surface area contributed by atoms with E-state index >= 15 is 0 Å². The van der Waals surface area contributed by atoms with Gasteiger partial charge in [-0.2, -0.15) is 5.10 Å². The Morgan fingerprint density at radius 1 is 1.23 bits per heavy atom. The number of rotatable bonds is 5. The molecule has 0 spiro atoms. The van der Waals surface area contributed by atoms with E-state index in [2.05, 4.69) is 24.3 Å². The van der Waals surface area contributed by atoms with Crippen LogP contribution in [0.2, 0.25) is 0 Å². The lowest BCUT2D eigenvalue weighted by Crippen LogP contribution is -2.38. The summed E-state index contributed by atoms with van der Waals surface area (Å²) in [6, 6.07) is 1.80. The first kappa shape index (κ1) is 16.5. The summed E-state index contributed by atoms with van der Waals surface area (Å²) in [6.07, 6.45) is 0.565. The molecule has 2 heterocycles. The van der Waals surface area contributed by atoms with Gasteiger partial charge in [-0.3, -0.25) is 14.3 Å². The zero-order chi connectivity index (χ0) is 16.3. The summed E-state index contributed by atoms with van der Waals surface area (Å²) < 4.78 is 1.84. The van der Waals surface area contributed by atoms with Crippen LogP contribution in [0.15, 0.2) is 6.07 Å². The lowest BCUT2D eigenvalue weighted by Gasteiger charge is -2.28. The minimum atomic E-state index is -0.143. The fraction of sp³-hybridized carbons (Fsp3) is 0.688. The Hall–Kier alpha value is -1.85. The van der Waals surface area contributed by atoms with E-state index in [1.807, 2.05) is 23.4 Å². The van der Waals surface area contributed by atoms with Crippen LogP contribution < -0.4 is 5.32 Å². The molecule has 6 heteroatoms. The minimum absolute atomic E-state index is 0.143. The molecule has 0 radical (unpaired) electrons. The van der Waals surface area contributed by atoms with Gasteiger partial charge in [0.05, 0.1) is 18.8 Å². The quantitative estimate of drug-likeness (QED) is 0.899. The zero-order valence-corrected chi connectivity index (χ0v) is 13.9. The highest BCUT2D eigenvalue weighted by Crippen LogP contribution is 2.16. The second kappa shape index (κ2) is 6.94. The van der Waals surface area contributed by atoms with Crippen LogP contribution in [0, 0.1) is 11.8 Å². The van der Waals surface area contributed by atoms with E-state index in [4.69, 9.17) is 0 Å². The monoisotopic (exact) mass is 306 g/mol. The molecule has 1 aliphatic rings. The van der Waals surface area contributed by atoms with Gasteiger partial charge < -0.3 is 10.2 Å². The first-order chi connectivity index (χ1) is 10.4. The molecule has 6 nitrogen and oxygen atoms in total. The number of aromatic nitrogens is 2. The molecule has 0 fully saturated rings. The zero-order valence-electron chi connectivity index (χ0n) is 13.9. The van der Waals surface area contributed by atoms with Gasteiger partial charge in [0.25, 0.3) is 5.91 Å². The van der Waals surface area contributed by atoms with Gasteiger partial charge in [0.15, 0.2) is 5.69 Å². The second-order valence-corrected chi connectivity index (χ2v) is 6.76. The normalized spacial score (nSPS) is 14.4. The van der Waals surface area contributed by atoms with Crippen molar-refractivity contribution in [1.82, 2.24) is 20.0 Å². The standard InChI is InChI=1S/C16H26N4O2/c1-11(2)7-15(21)19-5-6-20-13(10-19)8-14(18-20)16(22)17-9-12(3)4/h8,11-12H,5-7,9-10H2,1-4H3,(H,17,22). The minimum Gasteiger partial charge on any atom is -0.350 e. The maximum absolute atomic E-state index is 12.2. The van der Waals surface area contributed by atoms with Crippen molar-refractivity contribution in [3.05, 3.63) is 17.5 Å². The number of nitrogens with one attached hydrogen (secondary N) is 1. The summed E-state index contributed by atoms with van der Waals surface area (Å²) in [5.74, 6) is 0.797. The predicted molar refractivity (Wildman–Crippen MR) is 84.3 cm³/mol. The SMILES string of the molecule is CC(C)CNC(=O)c1cc2n(n1)CCN(C(=O)CC(C)C)C2. The van der Waals surface area contributed by atoms with Crippen LogP contribution in [0.3, 0.4) is 0 Å². The van der Waals surface area contributed by atoms with Gasteiger partial charge in [-0.1, -0.05) is 27.7 Å². The van der Waals surface area contributed by atoms with Crippen LogP contribution in [0.4, 0.5) is 0 Å². The van der Waals surface area contributed by atoms with Crippen LogP contribution in [0.1, 0.15) is 50.3 Å². The molecule has 0 unspecified atom stereocenters. The van der Waals surface area contributed by atoms with Crippen molar-refractivity contribution in [1.29, 1.82) is 0 Å². The Labute approximate surface area is 131 Å². The molecular formula is C16H26N4O2. The molecule has 1 aromatic rings. The number of carbonyl (C=O) groups is 2. The van der Waals surface area contributed by atoms with Crippen LogP contribution in [0.5, 0.6) is 0 Å². The van der Waals surface area contributed by atoms with Crippen molar-refractivity contribution in [2.75, 3.05) is 13.1 Å². The van der Waals surface area contributed by atoms with Gasteiger partial charge in [0.2, 0.25) is 5.91 Å². The van der Waals surface area contributed by atoms with E-state index in [-0.39, 0.29) is 11.8 Å². The van der Waals surface area contributed by atoms with E-state index in [9.17, 15) is 9.59 Å². The third-order valence-corrected chi connectivity index (χ3v) is 3.64. The van der Waals surface area contributed by atoms with Crippen LogP contribution in [-0.2, 0) is 17.9 Å². The molecule has 1 aromatic heterocycles. The Morgan fingerprint density at radius 3 is 2.59 bits per heavy atom. The first-order valence-corrected chi connectivity index (χ1v) is 7.99. The van der Waals surface area contributed by atoms with Crippen molar-refractivity contribution in [3.63, 3.8) is 0 Å². The summed E-state index contributed by atoms with van der Waals surface area (Å²) in [7, 11) is 0. The maximum Gasteiger partial charge on any atom is 0.271 e. The molecule has 0 saturated carbocycles. The Bertz CT molecular complexity index is 548. The molecule has 2 amide bonds. The average molecular weight is 306 g/mol. The lowest BCUT2D eigenvalue weighted by molar-refractivity contribution is -0.133. The Kier molecular flexibility index (Phi) is 5.21. The van der Waals surface area contributed by atoms with E-state index in [0.717, 1.165) is 5.69 Å². The van der Waals surface area contributed by atoms with Gasteiger partial charge in [0.1, 0.15) is 0 Å². The van der Waals surface area contributed by atoms with E-state index < -0.39 is 0 Å². The fourth-order valence-corrected chi connectivity index (χ4v) is 2.46. The van der Waals surface area contributed by atoms with Crippen LogP contribution in [-0.4, -0.2) is 39.6 Å². The predicted octanol–water partition coefficient (Wildman–Crippen LogP) is 1.66. The maximum atomic E-state index is 12.2. The molecule has 2 rings (SSSR count). The average Bonchev–Trinajstić information content (AvgIpc) is 2.86. The molecular weight excluding hydrogens is 280 g/mol. The topological polar surface area (TPSA) is 67.2 Å². The van der Waals surface area contributed by atoms with Crippen molar-refractivity contribution in [2.24, 2.45) is 11.8 Å². The summed E-state index contributed by atoms with van der Waals surface area (Å²) in [4.78, 5) is 26.1. The van der Waals surface area contributed by atoms with Gasteiger partial charge >= 0.3 is 0 Å². The van der Waals surface area contributed by atoms with Crippen molar-refractivity contribution in [2.45, 2.75) is 47.2 Å². The third-order valence-electron chi connectivity index (χ3n) is 3.64. The third kappa shape index (κ3) is 4.08. The van der Waals surface area contributed by atoms with Gasteiger partial charge in [-0.25, -0.2) is 0 Å². The van der Waals surface area contributed by atoms with E-state index in [0.29, 0.717) is 50.1 Å². The summed E-state index contributed by atoms with van der Waals surface area (Å²) in [5.41, 5.74) is 1.37. The molecule has 0 saturated heterocycles. The largest absolute Gasteiger partial charge is 0.350 e. The second-order valence-electron chi connectivity index (χ2n) is 6.76. The molecule has 0 aliphatic carbocycles. The number of carbonyl (C=O) groups excluding carboxylic acids is 2. The molecule has 0 aromatic carbocycles. The summed E-state index contributed by atoms with van der Waals surface area (Å²) in [6.45, 7) is 10.7. The molecule has 1 N–H and O–H groups in total. The number of hydrogen-bond donors (Lipinski definition) is 1. The molecule has 1 aliphatic heterocycles. The Balaban J connectivity index is 2.01. The smallest absolute Gasteiger partial charge is 0.271 e. The van der Waals surface area contributed by atoms with Gasteiger partial charge in [-0.05, 0) is 17.9 Å². The lowest BCUT2D eigenvalue weighted by atomic mass is 10.1. The van der Waals surface area contributed by atoms with Gasteiger partial charge in [-0.15, -0.1) is 0 Å². The number of hydrogen-bond acceptors (Lipinski definition) is 3. The number of fused-ring (bicyclic) bond motifs is 1. The highest BCUT2D eigenvalue weighted by molar-refractivity contribution is 5.92. The first-order valence-electron chi connectivity index (χ1n) is 7.99. The summed E-state index contributed by atoms with van der Waals surface area (Å²) >= 11 is 0. The number of nitrogens with zero attached hydrogens (tertiary/aromatic N) is 3. The number of amides is 2. The van der Waals surface area contributed by atoms with Gasteiger partial charge in [0, 0.05) is 19.5 Å². The highest BCUT2D eigenvalue weighted by Gasteiger charge is 2.24. The molecule has 0 bridgehead atoms. The molecule has 122 valence electrons. The van der Waals surface area contributed by atoms with Crippen molar-refractivity contribution >= 4 is 11.8 Å². The van der Waals surface area contributed by atoms with Crippen LogP contribution >= 0.6 is 0 Å². The van der Waals surface area contributed by atoms with Crippen LogP contribution in [0.25, 0.3) is 0 Å². The van der Waals surface area contributed by atoms with E-state index in [1.165, 1.54) is 0 Å². The highest BCUT2D eigenvalue weighted by atomic mass is 16.2. The molecule has 22 heavy (non-hydrogen) atoms.